The van der Waals surface area contributed by atoms with Crippen molar-refractivity contribution in [2.45, 2.75) is 47.8 Å². The minimum absolute atomic E-state index is 0.0735. The summed E-state index contributed by atoms with van der Waals surface area (Å²) >= 11 is 10.0. The van der Waals surface area contributed by atoms with E-state index in [2.05, 4.69) is 62.0 Å². The van der Waals surface area contributed by atoms with Gasteiger partial charge in [-0.1, -0.05) is 184 Å². The Labute approximate surface area is 503 Å². The summed E-state index contributed by atoms with van der Waals surface area (Å²) in [5.41, 5.74) is 5.07. The van der Waals surface area contributed by atoms with Crippen LogP contribution in [-0.4, -0.2) is 49.7 Å². The molecule has 0 saturated heterocycles. The lowest BCUT2D eigenvalue weighted by Gasteiger charge is -2.13. The number of hydrogen-bond acceptors (Lipinski definition) is 10. The zero-order valence-electron chi connectivity index (χ0n) is 44.5. The maximum atomic E-state index is 12.9. The smallest absolute Gasteiger partial charge is 0.261 e. The van der Waals surface area contributed by atoms with Gasteiger partial charge in [-0.25, -0.2) is 25.3 Å². The molecular weight excluding hydrogens is 1290 g/mol. The molecule has 0 aliphatic heterocycles. The normalized spacial score (nSPS) is 11.2. The number of carbonyl (C=O) groups is 3. The summed E-state index contributed by atoms with van der Waals surface area (Å²) in [7, 11) is -9.99. The topological polar surface area (TPSA) is 199 Å². The lowest BCUT2D eigenvalue weighted by molar-refractivity contribution is 0.103. The number of aryl methyl sites for hydroxylation is 1. The van der Waals surface area contributed by atoms with E-state index < -0.39 is 30.1 Å². The predicted molar refractivity (Wildman–Crippen MR) is 334 cm³/mol. The number of benzene rings is 9. The maximum absolute atomic E-state index is 12.9. The highest BCUT2D eigenvalue weighted by Gasteiger charge is 2.24. The first-order valence-electron chi connectivity index (χ1n) is 25.2. The monoisotopic (exact) mass is 1350 g/mol. The van der Waals surface area contributed by atoms with Gasteiger partial charge in [0.1, 0.15) is 5.75 Å². The van der Waals surface area contributed by atoms with Gasteiger partial charge in [-0.15, -0.1) is 0 Å². The van der Waals surface area contributed by atoms with Gasteiger partial charge >= 0.3 is 0 Å². The van der Waals surface area contributed by atoms with Crippen molar-refractivity contribution in [2.24, 2.45) is 0 Å². The first kappa shape index (κ1) is 62.1. The zero-order valence-corrected chi connectivity index (χ0v) is 51.7. The van der Waals surface area contributed by atoms with Gasteiger partial charge in [0.15, 0.2) is 17.3 Å². The van der Waals surface area contributed by atoms with Crippen LogP contribution < -0.4 is 18.9 Å². The Kier molecular flexibility index (Phi) is 21.2. The Hall–Kier alpha value is -7.52. The third-order valence-electron chi connectivity index (χ3n) is 12.4. The molecule has 0 saturated carbocycles. The molecular formula is C63H54Br3N3O10S3. The van der Waals surface area contributed by atoms with Crippen molar-refractivity contribution >= 4 is 112 Å². The van der Waals surface area contributed by atoms with Crippen LogP contribution in [0.3, 0.4) is 0 Å². The molecule has 19 heteroatoms. The van der Waals surface area contributed by atoms with Crippen LogP contribution >= 0.6 is 47.8 Å². The van der Waals surface area contributed by atoms with Gasteiger partial charge in [-0.05, 0) is 127 Å². The van der Waals surface area contributed by atoms with E-state index in [4.69, 9.17) is 4.74 Å². The van der Waals surface area contributed by atoms with Crippen molar-refractivity contribution in [1.82, 2.24) is 0 Å². The van der Waals surface area contributed by atoms with E-state index >= 15 is 0 Å². The van der Waals surface area contributed by atoms with E-state index in [0.717, 1.165) is 17.5 Å². The van der Waals surface area contributed by atoms with Crippen LogP contribution in [0.15, 0.2) is 246 Å². The van der Waals surface area contributed by atoms with Gasteiger partial charge in [-0.3, -0.25) is 28.5 Å². The van der Waals surface area contributed by atoms with Crippen LogP contribution in [0, 0.1) is 0 Å². The van der Waals surface area contributed by atoms with Crippen molar-refractivity contribution in [3.63, 3.8) is 0 Å². The standard InChI is InChI=1S/C22H20BrNO3S.C21H18BrNO3S.C20H16BrNO4S/c1-15(2)16-8-11-19(12-9-16)28(26,27)24-21-13-10-18(23)14-20(21)22(25)17-6-4-3-5-7-17;1-2-15-8-11-18(12-9-15)27(25,26)23-20-13-10-17(22)14-19(20)21(24)16-6-4-3-5-7-16;1-26-16-8-10-17(11-9-16)27(24,25)22-19-12-7-15(21)13-18(19)20(23)14-5-3-2-4-6-14/h3-15,24H,1-2H3;3-14,23H,2H2,1H3;2-13,22H,1H3. The molecule has 0 atom stereocenters. The molecule has 0 aromatic heterocycles. The second kappa shape index (κ2) is 28.0. The summed E-state index contributed by atoms with van der Waals surface area (Å²) in [5.74, 6) is 0.0823. The summed E-state index contributed by atoms with van der Waals surface area (Å²) in [4.78, 5) is 39.0. The number of halogens is 3. The summed E-state index contributed by atoms with van der Waals surface area (Å²) in [6.45, 7) is 6.10. The molecule has 9 rings (SSSR count). The maximum Gasteiger partial charge on any atom is 0.261 e. The van der Waals surface area contributed by atoms with E-state index in [0.29, 0.717) is 41.8 Å². The summed E-state index contributed by atoms with van der Waals surface area (Å²) in [6, 6.07) is 60.3. The second-order valence-electron chi connectivity index (χ2n) is 18.4. The van der Waals surface area contributed by atoms with E-state index in [1.807, 2.05) is 39.0 Å². The van der Waals surface area contributed by atoms with E-state index in [1.165, 1.54) is 19.2 Å². The number of anilines is 3. The van der Waals surface area contributed by atoms with Crippen LogP contribution in [0.5, 0.6) is 5.75 Å². The lowest BCUT2D eigenvalue weighted by atomic mass is 10.0. The quantitative estimate of drug-likeness (QED) is 0.0695. The Morgan fingerprint density at radius 1 is 0.415 bits per heavy atom. The molecule has 420 valence electrons. The van der Waals surface area contributed by atoms with Gasteiger partial charge in [0.25, 0.3) is 30.1 Å². The zero-order chi connectivity index (χ0) is 59.2. The van der Waals surface area contributed by atoms with E-state index in [-0.39, 0.29) is 65.8 Å². The number of ether oxygens (including phenoxy) is 1. The summed E-state index contributed by atoms with van der Waals surface area (Å²) < 4.78 is 91.4. The van der Waals surface area contributed by atoms with Crippen LogP contribution in [0.2, 0.25) is 0 Å². The summed E-state index contributed by atoms with van der Waals surface area (Å²) in [5, 5.41) is 0. The molecule has 0 amide bonds. The van der Waals surface area contributed by atoms with Crippen LogP contribution in [-0.2, 0) is 36.5 Å². The van der Waals surface area contributed by atoms with Gasteiger partial charge in [0.05, 0.1) is 38.9 Å². The third-order valence-corrected chi connectivity index (χ3v) is 18.0. The summed E-state index contributed by atoms with van der Waals surface area (Å²) in [6.07, 6.45) is 0.830. The molecule has 0 aliphatic rings. The third kappa shape index (κ3) is 16.4. The molecule has 0 bridgehead atoms. The molecule has 0 fully saturated rings. The second-order valence-corrected chi connectivity index (χ2v) is 26.2. The first-order valence-corrected chi connectivity index (χ1v) is 32.0. The fraction of sp³-hybridized carbons (Fsp3) is 0.0952. The van der Waals surface area contributed by atoms with Crippen molar-refractivity contribution in [2.75, 3.05) is 21.3 Å². The molecule has 9 aromatic carbocycles. The highest BCUT2D eigenvalue weighted by molar-refractivity contribution is 9.11. The predicted octanol–water partition coefficient (Wildman–Crippen LogP) is 15.1. The Morgan fingerprint density at radius 2 is 0.707 bits per heavy atom. The number of ketones is 3. The fourth-order valence-electron chi connectivity index (χ4n) is 7.92. The number of hydrogen-bond donors (Lipinski definition) is 3. The van der Waals surface area contributed by atoms with Crippen LogP contribution in [0.1, 0.15) is 85.6 Å². The molecule has 0 unspecified atom stereocenters. The number of sulfonamides is 3. The molecule has 0 aliphatic carbocycles. The molecule has 3 N–H and O–H groups in total. The molecule has 13 nitrogen and oxygen atoms in total. The van der Waals surface area contributed by atoms with Crippen LogP contribution in [0.25, 0.3) is 0 Å². The average Bonchev–Trinajstić information content (AvgIpc) is 3.67. The van der Waals surface area contributed by atoms with Gasteiger partial charge < -0.3 is 4.74 Å². The largest absolute Gasteiger partial charge is 0.497 e. The minimum Gasteiger partial charge on any atom is -0.497 e. The lowest BCUT2D eigenvalue weighted by Crippen LogP contribution is -2.16. The average molecular weight is 1350 g/mol. The van der Waals surface area contributed by atoms with E-state index in [9.17, 15) is 39.6 Å². The molecule has 9 aromatic rings. The highest BCUT2D eigenvalue weighted by atomic mass is 79.9. The Bertz CT molecular complexity index is 3890. The number of methoxy groups -OCH3 is 1. The van der Waals surface area contributed by atoms with Crippen molar-refractivity contribution in [1.29, 1.82) is 0 Å². The van der Waals surface area contributed by atoms with Crippen molar-refractivity contribution in [3.05, 3.63) is 276 Å². The highest BCUT2D eigenvalue weighted by Crippen LogP contribution is 2.31. The first-order chi connectivity index (χ1) is 39.1. The SMILES string of the molecule is CC(C)c1ccc(S(=O)(=O)Nc2ccc(Br)cc2C(=O)c2ccccc2)cc1.CCc1ccc(S(=O)(=O)Nc2ccc(Br)cc2C(=O)c2ccccc2)cc1.COc1ccc(S(=O)(=O)Nc2ccc(Br)cc2C(=O)c2ccccc2)cc1. The van der Waals surface area contributed by atoms with Gasteiger partial charge in [-0.2, -0.15) is 0 Å². The van der Waals surface area contributed by atoms with Crippen molar-refractivity contribution < 1.29 is 44.4 Å². The molecule has 0 spiro atoms. The molecule has 0 radical (unpaired) electrons. The number of rotatable bonds is 18. The van der Waals surface area contributed by atoms with Crippen LogP contribution in [0.4, 0.5) is 17.1 Å². The van der Waals surface area contributed by atoms with Gasteiger partial charge in [0, 0.05) is 46.8 Å². The number of nitrogens with one attached hydrogen (secondary N) is 3. The molecule has 0 heterocycles. The Morgan fingerprint density at radius 3 is 0.988 bits per heavy atom. The van der Waals surface area contributed by atoms with Gasteiger partial charge in [0.2, 0.25) is 0 Å². The Balaban J connectivity index is 0.000000177. The molecule has 82 heavy (non-hydrogen) atoms. The fourth-order valence-corrected chi connectivity index (χ4v) is 12.2. The van der Waals surface area contributed by atoms with E-state index in [1.54, 1.807) is 188 Å². The number of carbonyl (C=O) groups excluding carboxylic acids is 3. The minimum atomic E-state index is -3.86. The van der Waals surface area contributed by atoms with Crippen molar-refractivity contribution in [3.8, 4) is 5.75 Å².